The molecule has 0 amide bonds. The molecule has 6 heteroatoms. The van der Waals surface area contributed by atoms with Crippen LogP contribution in [0.25, 0.3) is 0 Å². The number of β-amino-alcohol motifs (C(OH)–C–C–N with tert-alkyl or cyclic N) is 1. The number of aliphatic hydroxyl groups is 1. The number of rotatable bonds is 10. The molecule has 0 aromatic heterocycles. The van der Waals surface area contributed by atoms with Crippen molar-refractivity contribution in [3.63, 3.8) is 0 Å². The van der Waals surface area contributed by atoms with Crippen molar-refractivity contribution in [3.8, 4) is 11.5 Å². The van der Waals surface area contributed by atoms with Crippen molar-refractivity contribution in [1.82, 2.24) is 9.80 Å². The summed E-state index contributed by atoms with van der Waals surface area (Å²) >= 11 is 0. The van der Waals surface area contributed by atoms with Crippen LogP contribution in [0, 0.1) is 0 Å². The van der Waals surface area contributed by atoms with Crippen LogP contribution < -0.4 is 9.47 Å². The van der Waals surface area contributed by atoms with Gasteiger partial charge in [-0.25, -0.2) is 0 Å². The van der Waals surface area contributed by atoms with Crippen molar-refractivity contribution in [2.24, 2.45) is 0 Å². The van der Waals surface area contributed by atoms with Crippen LogP contribution in [0.5, 0.6) is 11.5 Å². The summed E-state index contributed by atoms with van der Waals surface area (Å²) in [5.74, 6) is 1.52. The lowest BCUT2D eigenvalue weighted by atomic mass is 10.2. The maximum atomic E-state index is 10.4. The highest BCUT2D eigenvalue weighted by Gasteiger charge is 2.19. The van der Waals surface area contributed by atoms with Gasteiger partial charge in [-0.3, -0.25) is 9.80 Å². The average Bonchev–Trinajstić information content (AvgIpc) is 2.75. The van der Waals surface area contributed by atoms with E-state index in [2.05, 4.69) is 40.1 Å². The summed E-state index contributed by atoms with van der Waals surface area (Å²) in [6.07, 6.45) is -0.507. The summed E-state index contributed by atoms with van der Waals surface area (Å²) in [6, 6.07) is 16.2. The number of hydrogen-bond acceptors (Lipinski definition) is 6. The van der Waals surface area contributed by atoms with Crippen molar-refractivity contribution >= 4 is 0 Å². The van der Waals surface area contributed by atoms with E-state index in [0.29, 0.717) is 19.8 Å². The standard InChI is InChI=1S/C23H32N2O4/c1-27-22-8-9-23(28-2)20(14-22)17-29-18-21(26)16-25-12-10-24(11-13-25)15-19-6-4-3-5-7-19/h3-9,14,21,26H,10-13,15-18H2,1-2H3/t21-/m0/s1. The number of benzene rings is 2. The van der Waals surface area contributed by atoms with Gasteiger partial charge in [-0.05, 0) is 23.8 Å². The first kappa shape index (κ1) is 21.6. The van der Waals surface area contributed by atoms with Crippen LogP contribution in [0.4, 0.5) is 0 Å². The molecule has 6 nitrogen and oxygen atoms in total. The number of nitrogens with zero attached hydrogens (tertiary/aromatic N) is 2. The molecule has 0 spiro atoms. The molecular weight excluding hydrogens is 368 g/mol. The zero-order valence-electron chi connectivity index (χ0n) is 17.4. The van der Waals surface area contributed by atoms with Crippen LogP contribution in [-0.4, -0.2) is 74.6 Å². The molecular formula is C23H32N2O4. The summed E-state index contributed by atoms with van der Waals surface area (Å²) in [4.78, 5) is 4.77. The van der Waals surface area contributed by atoms with Crippen LogP contribution in [-0.2, 0) is 17.9 Å². The van der Waals surface area contributed by atoms with E-state index in [1.54, 1.807) is 14.2 Å². The third kappa shape index (κ3) is 6.72. The average molecular weight is 401 g/mol. The number of piperazine rings is 1. The van der Waals surface area contributed by atoms with E-state index in [1.807, 2.05) is 18.2 Å². The molecule has 1 aliphatic rings. The van der Waals surface area contributed by atoms with E-state index in [9.17, 15) is 5.11 Å². The zero-order chi connectivity index (χ0) is 20.5. The van der Waals surface area contributed by atoms with Crippen molar-refractivity contribution in [1.29, 1.82) is 0 Å². The molecule has 29 heavy (non-hydrogen) atoms. The second-order valence-corrected chi connectivity index (χ2v) is 7.41. The van der Waals surface area contributed by atoms with Crippen LogP contribution in [0.1, 0.15) is 11.1 Å². The summed E-state index contributed by atoms with van der Waals surface area (Å²) in [7, 11) is 3.27. The highest BCUT2D eigenvalue weighted by Crippen LogP contribution is 2.24. The predicted molar refractivity (Wildman–Crippen MR) is 113 cm³/mol. The SMILES string of the molecule is COc1ccc(OC)c(COC[C@@H](O)CN2CCN(Cc3ccccc3)CC2)c1. The Morgan fingerprint density at radius 3 is 2.34 bits per heavy atom. The molecule has 1 heterocycles. The fourth-order valence-corrected chi connectivity index (χ4v) is 3.62. The van der Waals surface area contributed by atoms with Crippen LogP contribution in [0.2, 0.25) is 0 Å². The Morgan fingerprint density at radius 2 is 1.66 bits per heavy atom. The van der Waals surface area contributed by atoms with Gasteiger partial charge >= 0.3 is 0 Å². The van der Waals surface area contributed by atoms with Gasteiger partial charge in [0.05, 0.1) is 33.5 Å². The van der Waals surface area contributed by atoms with Gasteiger partial charge in [0.25, 0.3) is 0 Å². The van der Waals surface area contributed by atoms with Gasteiger partial charge in [0.1, 0.15) is 11.5 Å². The highest BCUT2D eigenvalue weighted by atomic mass is 16.5. The largest absolute Gasteiger partial charge is 0.497 e. The van der Waals surface area contributed by atoms with E-state index in [4.69, 9.17) is 14.2 Å². The summed E-state index contributed by atoms with van der Waals surface area (Å²) in [6.45, 7) is 6.26. The van der Waals surface area contributed by atoms with Gasteiger partial charge in [0.15, 0.2) is 0 Å². The summed E-state index contributed by atoms with van der Waals surface area (Å²) in [5, 5.41) is 10.4. The van der Waals surface area contributed by atoms with Crippen molar-refractivity contribution < 1.29 is 19.3 Å². The van der Waals surface area contributed by atoms with E-state index in [0.717, 1.165) is 49.8 Å². The molecule has 2 aromatic rings. The fourth-order valence-electron chi connectivity index (χ4n) is 3.62. The van der Waals surface area contributed by atoms with Crippen LogP contribution >= 0.6 is 0 Å². The van der Waals surface area contributed by atoms with Gasteiger partial charge < -0.3 is 19.3 Å². The Bertz CT molecular complexity index is 733. The first-order valence-electron chi connectivity index (χ1n) is 10.1. The van der Waals surface area contributed by atoms with Gasteiger partial charge in [0, 0.05) is 44.8 Å². The van der Waals surface area contributed by atoms with Crippen molar-refractivity contribution in [3.05, 3.63) is 59.7 Å². The molecule has 1 saturated heterocycles. The van der Waals surface area contributed by atoms with E-state index in [-0.39, 0.29) is 0 Å². The second-order valence-electron chi connectivity index (χ2n) is 7.41. The molecule has 0 saturated carbocycles. The maximum absolute atomic E-state index is 10.4. The first-order valence-corrected chi connectivity index (χ1v) is 10.1. The molecule has 0 unspecified atom stereocenters. The number of methoxy groups -OCH3 is 2. The quantitative estimate of drug-likeness (QED) is 0.661. The molecule has 0 bridgehead atoms. The normalized spacial score (nSPS) is 16.5. The molecule has 3 rings (SSSR count). The molecule has 0 aliphatic carbocycles. The topological polar surface area (TPSA) is 54.4 Å². The Kier molecular flexibility index (Phi) is 8.31. The lowest BCUT2D eigenvalue weighted by Gasteiger charge is -2.35. The molecule has 158 valence electrons. The Balaban J connectivity index is 1.37. The minimum absolute atomic E-state index is 0.296. The minimum atomic E-state index is -0.507. The van der Waals surface area contributed by atoms with Crippen molar-refractivity contribution in [2.75, 3.05) is 53.6 Å². The van der Waals surface area contributed by atoms with E-state index < -0.39 is 6.10 Å². The lowest BCUT2D eigenvalue weighted by Crippen LogP contribution is -2.48. The molecule has 1 fully saturated rings. The third-order valence-electron chi connectivity index (χ3n) is 5.24. The van der Waals surface area contributed by atoms with Gasteiger partial charge in [-0.1, -0.05) is 30.3 Å². The van der Waals surface area contributed by atoms with Crippen molar-refractivity contribution in [2.45, 2.75) is 19.3 Å². The maximum Gasteiger partial charge on any atom is 0.124 e. The zero-order valence-corrected chi connectivity index (χ0v) is 17.4. The number of aliphatic hydroxyl groups excluding tert-OH is 1. The lowest BCUT2D eigenvalue weighted by molar-refractivity contribution is 0.000454. The minimum Gasteiger partial charge on any atom is -0.497 e. The second kappa shape index (κ2) is 11.2. The summed E-state index contributed by atoms with van der Waals surface area (Å²) < 4.78 is 16.4. The highest BCUT2D eigenvalue weighted by molar-refractivity contribution is 5.39. The smallest absolute Gasteiger partial charge is 0.124 e. The third-order valence-corrected chi connectivity index (χ3v) is 5.24. The predicted octanol–water partition coefficient (Wildman–Crippen LogP) is 2.40. The van der Waals surface area contributed by atoms with Crippen LogP contribution in [0.15, 0.2) is 48.5 Å². The van der Waals surface area contributed by atoms with E-state index >= 15 is 0 Å². The van der Waals surface area contributed by atoms with E-state index in [1.165, 1.54) is 5.56 Å². The molecule has 1 atom stereocenters. The fraction of sp³-hybridized carbons (Fsp3) is 0.478. The monoisotopic (exact) mass is 400 g/mol. The molecule has 1 aliphatic heterocycles. The Morgan fingerprint density at radius 1 is 0.931 bits per heavy atom. The molecule has 2 aromatic carbocycles. The summed E-state index contributed by atoms with van der Waals surface area (Å²) in [5.41, 5.74) is 2.26. The molecule has 1 N–H and O–H groups in total. The number of hydrogen-bond donors (Lipinski definition) is 1. The van der Waals surface area contributed by atoms with Gasteiger partial charge in [-0.2, -0.15) is 0 Å². The Labute approximate surface area is 173 Å². The Hall–Kier alpha value is -2.12. The first-order chi connectivity index (χ1) is 14.2. The van der Waals surface area contributed by atoms with Crippen LogP contribution in [0.3, 0.4) is 0 Å². The van der Waals surface area contributed by atoms with Gasteiger partial charge in [-0.15, -0.1) is 0 Å². The van der Waals surface area contributed by atoms with Gasteiger partial charge in [0.2, 0.25) is 0 Å². The number of ether oxygens (including phenoxy) is 3. The molecule has 0 radical (unpaired) electrons.